The number of carbonyl (C=O) groups excluding carboxylic acids is 1. The average molecular weight is 351 g/mol. The fraction of sp³-hybridized carbons (Fsp3) is 0.450. The maximum Gasteiger partial charge on any atom is 0.322 e. The smallest absolute Gasteiger partial charge is 0.314 e. The van der Waals surface area contributed by atoms with Crippen molar-refractivity contribution in [2.75, 3.05) is 11.9 Å². The number of anilines is 1. The number of nitrogens with one attached hydrogen (secondary N) is 1. The van der Waals surface area contributed by atoms with Gasteiger partial charge < -0.3 is 10.2 Å². The predicted octanol–water partition coefficient (Wildman–Crippen LogP) is 6.44. The van der Waals surface area contributed by atoms with Crippen LogP contribution < -0.4 is 5.32 Å². The van der Waals surface area contributed by atoms with Crippen molar-refractivity contribution in [3.8, 4) is 0 Å². The molecule has 1 aliphatic rings. The summed E-state index contributed by atoms with van der Waals surface area (Å²) in [6.07, 6.45) is 1.83. The number of rotatable bonds is 2. The Kier molecular flexibility index (Phi) is 10.1. The van der Waals surface area contributed by atoms with Crippen molar-refractivity contribution < 1.29 is 4.79 Å². The highest BCUT2D eigenvalue weighted by Gasteiger charge is 2.29. The van der Waals surface area contributed by atoms with Crippen LogP contribution in [0, 0.1) is 6.92 Å². The van der Waals surface area contributed by atoms with E-state index in [2.05, 4.69) is 11.9 Å². The lowest BCUT2D eigenvalue weighted by Crippen LogP contribution is -2.39. The van der Waals surface area contributed by atoms with E-state index in [-0.39, 0.29) is 12.1 Å². The highest BCUT2D eigenvalue weighted by molar-refractivity contribution is 6.33. The van der Waals surface area contributed by atoms with Crippen LogP contribution in [-0.4, -0.2) is 23.5 Å². The Labute approximate surface area is 152 Å². The molecule has 1 N–H and O–H groups in total. The van der Waals surface area contributed by atoms with Crippen LogP contribution in [0.3, 0.4) is 0 Å². The standard InChI is InChI=1S/C16H19ClN2O.2C2H6/c1-5-13-11(3)9-19(12(13)4)16(20)18-15-10(2)7-6-8-14(15)17;2*1-2/h5-8,12H,1,9H2,2-4H3,(H,18,20);2*1-2H3. The van der Waals surface area contributed by atoms with Crippen molar-refractivity contribution in [1.29, 1.82) is 0 Å². The minimum Gasteiger partial charge on any atom is -0.314 e. The SMILES string of the molecule is C=CC1=C(C)CN(C(=O)Nc2c(C)cccc2Cl)C1C.CC.CC. The quantitative estimate of drug-likeness (QED) is 0.654. The van der Waals surface area contributed by atoms with Crippen LogP contribution in [0.25, 0.3) is 0 Å². The minimum absolute atomic E-state index is 0.0373. The number of nitrogens with zero attached hydrogens (tertiary/aromatic N) is 1. The number of halogens is 1. The van der Waals surface area contributed by atoms with Gasteiger partial charge in [0.15, 0.2) is 0 Å². The average Bonchev–Trinajstić information content (AvgIpc) is 2.88. The van der Waals surface area contributed by atoms with E-state index < -0.39 is 0 Å². The molecule has 1 aromatic carbocycles. The van der Waals surface area contributed by atoms with E-state index in [0.29, 0.717) is 17.3 Å². The summed E-state index contributed by atoms with van der Waals surface area (Å²) in [6, 6.07) is 5.47. The van der Waals surface area contributed by atoms with Crippen LogP contribution in [0.1, 0.15) is 47.1 Å². The highest BCUT2D eigenvalue weighted by Crippen LogP contribution is 2.29. The predicted molar refractivity (Wildman–Crippen MR) is 107 cm³/mol. The molecule has 0 aromatic heterocycles. The zero-order chi connectivity index (χ0) is 18.9. The second-order valence-electron chi connectivity index (χ2n) is 5.11. The lowest BCUT2D eigenvalue weighted by atomic mass is 10.1. The van der Waals surface area contributed by atoms with Gasteiger partial charge in [0.1, 0.15) is 0 Å². The van der Waals surface area contributed by atoms with Gasteiger partial charge in [0.05, 0.1) is 16.8 Å². The van der Waals surface area contributed by atoms with Crippen LogP contribution in [0.4, 0.5) is 10.5 Å². The molecule has 2 rings (SSSR count). The number of carbonyl (C=O) groups is 1. The molecule has 0 bridgehead atoms. The zero-order valence-electron chi connectivity index (χ0n) is 16.0. The van der Waals surface area contributed by atoms with Crippen molar-refractivity contribution in [2.45, 2.75) is 54.5 Å². The molecule has 0 spiro atoms. The summed E-state index contributed by atoms with van der Waals surface area (Å²) < 4.78 is 0. The van der Waals surface area contributed by atoms with Crippen molar-refractivity contribution in [3.63, 3.8) is 0 Å². The third kappa shape index (κ3) is 5.13. The number of aryl methyl sites for hydroxylation is 1. The second kappa shape index (κ2) is 10.9. The second-order valence-corrected chi connectivity index (χ2v) is 5.51. The number of benzene rings is 1. The third-order valence-corrected chi connectivity index (χ3v) is 4.07. The maximum absolute atomic E-state index is 12.4. The molecule has 3 nitrogen and oxygen atoms in total. The number of hydrogen-bond donors (Lipinski definition) is 1. The van der Waals surface area contributed by atoms with Crippen molar-refractivity contribution in [2.24, 2.45) is 0 Å². The third-order valence-electron chi connectivity index (χ3n) is 3.75. The van der Waals surface area contributed by atoms with Gasteiger partial charge in [0.2, 0.25) is 0 Å². The Morgan fingerprint density at radius 1 is 1.29 bits per heavy atom. The van der Waals surface area contributed by atoms with Crippen molar-refractivity contribution in [1.82, 2.24) is 4.90 Å². The molecule has 0 aliphatic carbocycles. The van der Waals surface area contributed by atoms with Gasteiger partial charge in [-0.2, -0.15) is 0 Å². The molecule has 2 amide bonds. The zero-order valence-corrected chi connectivity index (χ0v) is 16.8. The molecule has 1 aliphatic heterocycles. The van der Waals surface area contributed by atoms with Gasteiger partial charge in [-0.15, -0.1) is 0 Å². The van der Waals surface area contributed by atoms with E-state index in [1.165, 1.54) is 5.57 Å². The van der Waals surface area contributed by atoms with E-state index in [4.69, 9.17) is 11.6 Å². The summed E-state index contributed by atoms with van der Waals surface area (Å²) in [4.78, 5) is 14.2. The summed E-state index contributed by atoms with van der Waals surface area (Å²) in [7, 11) is 0. The van der Waals surface area contributed by atoms with Crippen molar-refractivity contribution >= 4 is 23.3 Å². The number of para-hydroxylation sites is 1. The van der Waals surface area contributed by atoms with Gasteiger partial charge in [-0.3, -0.25) is 0 Å². The first-order valence-corrected chi connectivity index (χ1v) is 8.98. The monoisotopic (exact) mass is 350 g/mol. The van der Waals surface area contributed by atoms with Gasteiger partial charge in [-0.1, -0.05) is 64.1 Å². The minimum atomic E-state index is -0.134. The molecule has 24 heavy (non-hydrogen) atoms. The molecule has 0 saturated carbocycles. The Morgan fingerprint density at radius 2 is 1.88 bits per heavy atom. The Balaban J connectivity index is 0.00000123. The Hall–Kier alpha value is -1.74. The summed E-state index contributed by atoms with van der Waals surface area (Å²) in [6.45, 7) is 18.4. The molecule has 0 saturated heterocycles. The molecule has 1 unspecified atom stereocenters. The summed E-state index contributed by atoms with van der Waals surface area (Å²) in [5.41, 5.74) is 3.93. The van der Waals surface area contributed by atoms with Crippen LogP contribution in [0.2, 0.25) is 5.02 Å². The van der Waals surface area contributed by atoms with Crippen LogP contribution in [0.15, 0.2) is 42.0 Å². The van der Waals surface area contributed by atoms with E-state index in [0.717, 1.165) is 11.1 Å². The molecule has 1 aromatic rings. The van der Waals surface area contributed by atoms with Gasteiger partial charge in [0, 0.05) is 6.54 Å². The van der Waals surface area contributed by atoms with Gasteiger partial charge in [-0.25, -0.2) is 4.79 Å². The van der Waals surface area contributed by atoms with E-state index in [9.17, 15) is 4.79 Å². The molecular formula is C20H31ClN2O. The number of amides is 2. The summed E-state index contributed by atoms with van der Waals surface area (Å²) in [5.74, 6) is 0. The maximum atomic E-state index is 12.4. The molecule has 0 fully saturated rings. The molecular weight excluding hydrogens is 320 g/mol. The van der Waals surface area contributed by atoms with Crippen molar-refractivity contribution in [3.05, 3.63) is 52.6 Å². The molecule has 134 valence electrons. The fourth-order valence-corrected chi connectivity index (χ4v) is 2.84. The van der Waals surface area contributed by atoms with Crippen LogP contribution in [-0.2, 0) is 0 Å². The van der Waals surface area contributed by atoms with E-state index in [1.54, 1.807) is 11.0 Å². The first-order chi connectivity index (χ1) is 11.5. The Bertz CT molecular complexity index is 573. The lowest BCUT2D eigenvalue weighted by molar-refractivity contribution is 0.212. The normalized spacial score (nSPS) is 15.8. The first-order valence-electron chi connectivity index (χ1n) is 8.60. The van der Waals surface area contributed by atoms with Gasteiger partial charge >= 0.3 is 6.03 Å². The first kappa shape index (κ1) is 22.3. The van der Waals surface area contributed by atoms with E-state index in [1.807, 2.05) is 66.7 Å². The molecule has 0 radical (unpaired) electrons. The topological polar surface area (TPSA) is 32.3 Å². The van der Waals surface area contributed by atoms with Gasteiger partial charge in [0.25, 0.3) is 0 Å². The Morgan fingerprint density at radius 3 is 2.33 bits per heavy atom. The largest absolute Gasteiger partial charge is 0.322 e. The molecule has 1 atom stereocenters. The van der Waals surface area contributed by atoms with Gasteiger partial charge in [-0.05, 0) is 43.5 Å². The summed E-state index contributed by atoms with van der Waals surface area (Å²) >= 11 is 6.14. The number of urea groups is 1. The summed E-state index contributed by atoms with van der Waals surface area (Å²) in [5, 5.41) is 3.46. The molecule has 4 heteroatoms. The number of hydrogen-bond acceptors (Lipinski definition) is 1. The van der Waals surface area contributed by atoms with Crippen LogP contribution >= 0.6 is 11.6 Å². The van der Waals surface area contributed by atoms with Crippen LogP contribution in [0.5, 0.6) is 0 Å². The fourth-order valence-electron chi connectivity index (χ4n) is 2.57. The highest BCUT2D eigenvalue weighted by atomic mass is 35.5. The lowest BCUT2D eigenvalue weighted by Gasteiger charge is -2.24. The molecule has 1 heterocycles. The van der Waals surface area contributed by atoms with E-state index >= 15 is 0 Å².